The van der Waals surface area contributed by atoms with E-state index in [0.29, 0.717) is 28.5 Å². The van der Waals surface area contributed by atoms with Gasteiger partial charge < -0.3 is 16.0 Å². The number of rotatable bonds is 6. The van der Waals surface area contributed by atoms with Gasteiger partial charge in [0.1, 0.15) is 5.00 Å². The molecule has 0 aliphatic heterocycles. The Morgan fingerprint density at radius 3 is 2.29 bits per heavy atom. The van der Waals surface area contributed by atoms with Crippen LogP contribution < -0.4 is 11.1 Å². The van der Waals surface area contributed by atoms with Crippen LogP contribution in [0, 0.1) is 12.8 Å². The summed E-state index contributed by atoms with van der Waals surface area (Å²) >= 11 is 1.14. The predicted molar refractivity (Wildman–Crippen MR) is 95.4 cm³/mol. The van der Waals surface area contributed by atoms with E-state index in [2.05, 4.69) is 5.32 Å². The molecule has 1 aliphatic rings. The molecule has 132 valence electrons. The molecule has 0 atom stereocenters. The van der Waals surface area contributed by atoms with Gasteiger partial charge in [0.15, 0.2) is 0 Å². The molecule has 6 nitrogen and oxygen atoms in total. The zero-order valence-corrected chi connectivity index (χ0v) is 15.3. The van der Waals surface area contributed by atoms with Crippen LogP contribution in [-0.2, 0) is 4.79 Å². The summed E-state index contributed by atoms with van der Waals surface area (Å²) in [6.45, 7) is 6.69. The van der Waals surface area contributed by atoms with Gasteiger partial charge >= 0.3 is 0 Å². The first-order valence-corrected chi connectivity index (χ1v) is 9.25. The van der Waals surface area contributed by atoms with Crippen molar-refractivity contribution in [2.45, 2.75) is 46.5 Å². The van der Waals surface area contributed by atoms with E-state index >= 15 is 0 Å². The van der Waals surface area contributed by atoms with Crippen LogP contribution in [0.1, 0.15) is 65.1 Å². The summed E-state index contributed by atoms with van der Waals surface area (Å²) in [5.74, 6) is -0.858. The average Bonchev–Trinajstić information content (AvgIpc) is 3.16. The van der Waals surface area contributed by atoms with Crippen molar-refractivity contribution in [3.05, 3.63) is 16.0 Å². The van der Waals surface area contributed by atoms with Gasteiger partial charge in [-0.15, -0.1) is 11.3 Å². The van der Waals surface area contributed by atoms with Crippen molar-refractivity contribution in [3.63, 3.8) is 0 Å². The van der Waals surface area contributed by atoms with E-state index in [9.17, 15) is 14.4 Å². The fourth-order valence-corrected chi connectivity index (χ4v) is 4.34. The van der Waals surface area contributed by atoms with Crippen LogP contribution in [-0.4, -0.2) is 35.7 Å². The van der Waals surface area contributed by atoms with E-state index in [-0.39, 0.29) is 23.3 Å². The number of nitrogens with one attached hydrogen (secondary N) is 1. The quantitative estimate of drug-likeness (QED) is 0.825. The summed E-state index contributed by atoms with van der Waals surface area (Å²) in [5.41, 5.74) is 6.29. The van der Waals surface area contributed by atoms with E-state index in [0.717, 1.165) is 37.0 Å². The maximum atomic E-state index is 12.6. The number of nitrogens with zero attached hydrogens (tertiary/aromatic N) is 1. The lowest BCUT2D eigenvalue weighted by Gasteiger charge is -2.17. The molecule has 0 aromatic carbocycles. The smallest absolute Gasteiger partial charge is 0.264 e. The molecule has 1 aromatic rings. The number of carbonyl (C=O) groups is 3. The van der Waals surface area contributed by atoms with Gasteiger partial charge in [-0.1, -0.05) is 12.8 Å². The van der Waals surface area contributed by atoms with Gasteiger partial charge in [-0.2, -0.15) is 0 Å². The standard InChI is InChI=1S/C17H25N3O3S/c1-4-20(5-2)17(23)13-10(3)12(14(18)21)16(24-13)19-15(22)11-8-6-7-9-11/h11H,4-9H2,1-3H3,(H2,18,21)(H,19,22). The zero-order valence-electron chi connectivity index (χ0n) is 14.5. The van der Waals surface area contributed by atoms with Crippen molar-refractivity contribution in [2.75, 3.05) is 18.4 Å². The lowest BCUT2D eigenvalue weighted by molar-refractivity contribution is -0.119. The van der Waals surface area contributed by atoms with Crippen molar-refractivity contribution in [2.24, 2.45) is 11.7 Å². The Labute approximate surface area is 146 Å². The number of carbonyl (C=O) groups excluding carboxylic acids is 3. The van der Waals surface area contributed by atoms with Crippen LogP contribution in [0.2, 0.25) is 0 Å². The summed E-state index contributed by atoms with van der Waals surface area (Å²) in [5, 5.41) is 3.23. The van der Waals surface area contributed by atoms with Crippen molar-refractivity contribution >= 4 is 34.1 Å². The van der Waals surface area contributed by atoms with Gasteiger partial charge in [0.05, 0.1) is 10.4 Å². The molecule has 0 saturated heterocycles. The summed E-state index contributed by atoms with van der Waals surface area (Å²) < 4.78 is 0. The Bertz CT molecular complexity index is 644. The summed E-state index contributed by atoms with van der Waals surface area (Å²) in [6, 6.07) is 0. The molecule has 7 heteroatoms. The third kappa shape index (κ3) is 3.61. The number of primary amides is 1. The Kier molecular flexibility index (Phi) is 5.99. The topological polar surface area (TPSA) is 92.5 Å². The monoisotopic (exact) mass is 351 g/mol. The molecule has 1 saturated carbocycles. The molecule has 0 unspecified atom stereocenters. The lowest BCUT2D eigenvalue weighted by Crippen LogP contribution is -2.30. The SMILES string of the molecule is CCN(CC)C(=O)c1sc(NC(=O)C2CCCC2)c(C(N)=O)c1C. The van der Waals surface area contributed by atoms with Crippen molar-refractivity contribution in [1.82, 2.24) is 4.90 Å². The number of anilines is 1. The number of hydrogen-bond donors (Lipinski definition) is 2. The molecule has 3 amide bonds. The van der Waals surface area contributed by atoms with Crippen LogP contribution >= 0.6 is 11.3 Å². The first kappa shape index (κ1) is 18.4. The Morgan fingerprint density at radius 1 is 1.21 bits per heavy atom. The van der Waals surface area contributed by atoms with Gasteiger partial charge in [0.2, 0.25) is 5.91 Å². The van der Waals surface area contributed by atoms with Crippen LogP contribution in [0.5, 0.6) is 0 Å². The molecule has 3 N–H and O–H groups in total. The van der Waals surface area contributed by atoms with E-state index < -0.39 is 5.91 Å². The maximum Gasteiger partial charge on any atom is 0.264 e. The number of hydrogen-bond acceptors (Lipinski definition) is 4. The third-order valence-corrected chi connectivity index (χ3v) is 5.80. The van der Waals surface area contributed by atoms with Crippen LogP contribution in [0.3, 0.4) is 0 Å². The van der Waals surface area contributed by atoms with Crippen LogP contribution in [0.15, 0.2) is 0 Å². The van der Waals surface area contributed by atoms with Crippen molar-refractivity contribution in [3.8, 4) is 0 Å². The summed E-state index contributed by atoms with van der Waals surface area (Å²) in [7, 11) is 0. The summed E-state index contributed by atoms with van der Waals surface area (Å²) in [6.07, 6.45) is 3.84. The Balaban J connectivity index is 2.33. The Morgan fingerprint density at radius 2 is 1.79 bits per heavy atom. The molecule has 1 aliphatic carbocycles. The summed E-state index contributed by atoms with van der Waals surface area (Å²) in [4.78, 5) is 39.0. The van der Waals surface area contributed by atoms with E-state index in [1.54, 1.807) is 11.8 Å². The first-order valence-electron chi connectivity index (χ1n) is 8.43. The highest BCUT2D eigenvalue weighted by Crippen LogP contribution is 2.35. The molecular weight excluding hydrogens is 326 g/mol. The van der Waals surface area contributed by atoms with Crippen molar-refractivity contribution < 1.29 is 14.4 Å². The second kappa shape index (κ2) is 7.79. The molecule has 0 bridgehead atoms. The Hall–Kier alpha value is -1.89. The number of thiophene rings is 1. The predicted octanol–water partition coefficient (Wildman–Crippen LogP) is 2.77. The first-order chi connectivity index (χ1) is 11.4. The second-order valence-electron chi connectivity index (χ2n) is 6.07. The molecule has 0 radical (unpaired) electrons. The number of amides is 3. The highest BCUT2D eigenvalue weighted by Gasteiger charge is 2.29. The van der Waals surface area contributed by atoms with Gasteiger partial charge in [0.25, 0.3) is 11.8 Å². The largest absolute Gasteiger partial charge is 0.365 e. The van der Waals surface area contributed by atoms with Crippen molar-refractivity contribution in [1.29, 1.82) is 0 Å². The van der Waals surface area contributed by atoms with Gasteiger partial charge in [-0.05, 0) is 39.2 Å². The molecule has 1 aromatic heterocycles. The third-order valence-electron chi connectivity index (χ3n) is 4.60. The molecule has 1 fully saturated rings. The second-order valence-corrected chi connectivity index (χ2v) is 7.09. The normalized spacial score (nSPS) is 14.6. The van der Waals surface area contributed by atoms with E-state index in [1.165, 1.54) is 0 Å². The maximum absolute atomic E-state index is 12.6. The molecular formula is C17H25N3O3S. The minimum atomic E-state index is -0.621. The van der Waals surface area contributed by atoms with Gasteiger partial charge in [0, 0.05) is 19.0 Å². The number of nitrogens with two attached hydrogens (primary N) is 1. The fourth-order valence-electron chi connectivity index (χ4n) is 3.16. The molecule has 24 heavy (non-hydrogen) atoms. The lowest BCUT2D eigenvalue weighted by atomic mass is 10.1. The van der Waals surface area contributed by atoms with Gasteiger partial charge in [-0.25, -0.2) is 0 Å². The molecule has 1 heterocycles. The average molecular weight is 351 g/mol. The zero-order chi connectivity index (χ0) is 17.9. The van der Waals surface area contributed by atoms with E-state index in [4.69, 9.17) is 5.73 Å². The van der Waals surface area contributed by atoms with Gasteiger partial charge in [-0.3, -0.25) is 14.4 Å². The highest BCUT2D eigenvalue weighted by molar-refractivity contribution is 7.18. The minimum Gasteiger partial charge on any atom is -0.365 e. The highest BCUT2D eigenvalue weighted by atomic mass is 32.1. The fraction of sp³-hybridized carbons (Fsp3) is 0.588. The molecule has 0 spiro atoms. The molecule has 2 rings (SSSR count). The van der Waals surface area contributed by atoms with Crippen LogP contribution in [0.4, 0.5) is 5.00 Å². The minimum absolute atomic E-state index is 0.0185. The van der Waals surface area contributed by atoms with Crippen LogP contribution in [0.25, 0.3) is 0 Å². The van der Waals surface area contributed by atoms with E-state index in [1.807, 2.05) is 13.8 Å².